The molecule has 3 rings (SSSR count). The summed E-state index contributed by atoms with van der Waals surface area (Å²) in [4.78, 5) is 13.9. The Kier molecular flexibility index (Phi) is 4.74. The van der Waals surface area contributed by atoms with Crippen LogP contribution in [0.1, 0.15) is 42.0 Å². The summed E-state index contributed by atoms with van der Waals surface area (Å²) in [5.74, 6) is 1.96. The number of H-pyrrole nitrogens is 1. The molecule has 6 heteroatoms. The Morgan fingerprint density at radius 1 is 1.11 bits per heavy atom. The largest absolute Gasteiger partial charge is 0.512 e. The van der Waals surface area contributed by atoms with Crippen molar-refractivity contribution in [2.24, 2.45) is 0 Å². The van der Waals surface area contributed by atoms with Crippen LogP contribution in [-0.4, -0.2) is 21.4 Å². The van der Waals surface area contributed by atoms with Gasteiger partial charge in [-0.1, -0.05) is 13.8 Å². The third kappa shape index (κ3) is 3.43. The molecule has 0 atom stereocenters. The minimum absolute atomic E-state index is 0.167. The Morgan fingerprint density at radius 2 is 1.81 bits per heavy atom. The second-order valence-electron chi connectivity index (χ2n) is 6.99. The molecule has 6 nitrogen and oxygen atoms in total. The summed E-state index contributed by atoms with van der Waals surface area (Å²) in [6.45, 7) is 9.68. The van der Waals surface area contributed by atoms with Gasteiger partial charge in [0.05, 0.1) is 0 Å². The van der Waals surface area contributed by atoms with Crippen molar-refractivity contribution in [3.63, 3.8) is 0 Å². The zero-order valence-electron chi connectivity index (χ0n) is 16.0. The van der Waals surface area contributed by atoms with Crippen LogP contribution in [0.4, 0.5) is 4.79 Å². The van der Waals surface area contributed by atoms with E-state index in [0.717, 1.165) is 27.6 Å². The Hall–Kier alpha value is -3.15. The highest BCUT2D eigenvalue weighted by molar-refractivity contribution is 5.92. The molecule has 0 radical (unpaired) electrons. The van der Waals surface area contributed by atoms with Crippen LogP contribution in [-0.2, 0) is 0 Å². The fraction of sp³-hybridized carbons (Fsp3) is 0.286. The number of phenols is 1. The number of nitrogens with one attached hydrogen (secondary N) is 1. The quantitative estimate of drug-likeness (QED) is 0.508. The van der Waals surface area contributed by atoms with Gasteiger partial charge in [-0.3, -0.25) is 0 Å². The first-order chi connectivity index (χ1) is 12.7. The van der Waals surface area contributed by atoms with Gasteiger partial charge in [-0.2, -0.15) is 0 Å². The van der Waals surface area contributed by atoms with Crippen molar-refractivity contribution in [1.82, 2.24) is 4.98 Å². The third-order valence-corrected chi connectivity index (χ3v) is 4.70. The number of aromatic hydroxyl groups is 1. The predicted molar refractivity (Wildman–Crippen MR) is 103 cm³/mol. The molecule has 142 valence electrons. The van der Waals surface area contributed by atoms with E-state index in [9.17, 15) is 9.90 Å². The van der Waals surface area contributed by atoms with E-state index in [2.05, 4.69) is 4.98 Å². The number of benzene rings is 2. The summed E-state index contributed by atoms with van der Waals surface area (Å²) in [7, 11) is 0. The van der Waals surface area contributed by atoms with Gasteiger partial charge in [-0.05, 0) is 56.5 Å². The molecule has 1 aromatic heterocycles. The average Bonchev–Trinajstić information content (AvgIpc) is 2.87. The van der Waals surface area contributed by atoms with Crippen LogP contribution in [0.5, 0.6) is 23.1 Å². The molecule has 0 bridgehead atoms. The number of aromatic amines is 1. The van der Waals surface area contributed by atoms with Gasteiger partial charge in [0.25, 0.3) is 0 Å². The summed E-state index contributed by atoms with van der Waals surface area (Å²) in [5, 5.41) is 19.8. The van der Waals surface area contributed by atoms with E-state index in [1.165, 1.54) is 0 Å². The molecule has 0 aliphatic rings. The Bertz CT molecular complexity index is 1030. The maximum atomic E-state index is 10.9. The van der Waals surface area contributed by atoms with Crippen molar-refractivity contribution < 1.29 is 24.5 Å². The second kappa shape index (κ2) is 6.87. The van der Waals surface area contributed by atoms with E-state index in [-0.39, 0.29) is 17.5 Å². The smallest absolute Gasteiger partial charge is 0.508 e. The molecule has 0 saturated carbocycles. The molecule has 3 N–H and O–H groups in total. The Labute approximate surface area is 157 Å². The molecule has 0 aliphatic heterocycles. The number of hydrogen-bond donors (Lipinski definition) is 3. The van der Waals surface area contributed by atoms with Crippen LogP contribution in [0.15, 0.2) is 24.3 Å². The molecular formula is C21H23NO5. The van der Waals surface area contributed by atoms with Gasteiger partial charge in [0.15, 0.2) is 0 Å². The van der Waals surface area contributed by atoms with Crippen LogP contribution < -0.4 is 9.47 Å². The van der Waals surface area contributed by atoms with Crippen molar-refractivity contribution >= 4 is 17.1 Å². The lowest BCUT2D eigenvalue weighted by molar-refractivity contribution is 0.142. The summed E-state index contributed by atoms with van der Waals surface area (Å²) >= 11 is 0. The van der Waals surface area contributed by atoms with Gasteiger partial charge in [0.2, 0.25) is 5.88 Å². The van der Waals surface area contributed by atoms with Crippen molar-refractivity contribution in [2.45, 2.75) is 40.5 Å². The number of carbonyl (C=O) groups is 1. The number of ether oxygens (including phenoxy) is 2. The average molecular weight is 369 g/mol. The summed E-state index contributed by atoms with van der Waals surface area (Å²) in [5.41, 5.74) is 4.11. The maximum Gasteiger partial charge on any atom is 0.512 e. The number of phenolic OH excluding ortho intramolecular Hbond substituents is 1. The lowest BCUT2D eigenvalue weighted by atomic mass is 10.0. The van der Waals surface area contributed by atoms with E-state index in [1.54, 1.807) is 19.1 Å². The second-order valence-corrected chi connectivity index (χ2v) is 6.99. The van der Waals surface area contributed by atoms with Crippen molar-refractivity contribution in [3.05, 3.63) is 46.5 Å². The van der Waals surface area contributed by atoms with E-state index in [0.29, 0.717) is 17.1 Å². The van der Waals surface area contributed by atoms with Crippen LogP contribution in [0.25, 0.3) is 10.9 Å². The molecule has 0 aliphatic carbocycles. The molecular weight excluding hydrogens is 346 g/mol. The molecule has 0 spiro atoms. The normalized spacial score (nSPS) is 11.2. The minimum Gasteiger partial charge on any atom is -0.508 e. The first-order valence-corrected chi connectivity index (χ1v) is 8.73. The van der Waals surface area contributed by atoms with E-state index in [4.69, 9.17) is 14.6 Å². The first kappa shape index (κ1) is 18.6. The van der Waals surface area contributed by atoms with Crippen LogP contribution in [0.2, 0.25) is 0 Å². The number of rotatable bonds is 4. The van der Waals surface area contributed by atoms with Gasteiger partial charge in [-0.15, -0.1) is 0 Å². The van der Waals surface area contributed by atoms with E-state index < -0.39 is 6.16 Å². The highest BCUT2D eigenvalue weighted by Gasteiger charge is 2.19. The highest BCUT2D eigenvalue weighted by atomic mass is 16.7. The zero-order valence-corrected chi connectivity index (χ0v) is 16.0. The molecule has 0 amide bonds. The van der Waals surface area contributed by atoms with Crippen molar-refractivity contribution in [2.75, 3.05) is 0 Å². The van der Waals surface area contributed by atoms with Gasteiger partial charge in [0.1, 0.15) is 17.2 Å². The fourth-order valence-electron chi connectivity index (χ4n) is 3.40. The van der Waals surface area contributed by atoms with Crippen LogP contribution >= 0.6 is 0 Å². The predicted octanol–water partition coefficient (Wildman–Crippen LogP) is 5.77. The molecule has 0 unspecified atom stereocenters. The summed E-state index contributed by atoms with van der Waals surface area (Å²) in [6, 6.07) is 7.11. The number of carboxylic acid groups (broad SMARTS) is 1. The molecule has 0 saturated heterocycles. The molecule has 1 heterocycles. The minimum atomic E-state index is -1.36. The Balaban J connectivity index is 2.08. The zero-order chi connectivity index (χ0) is 19.9. The number of aryl methyl sites for hydroxylation is 3. The van der Waals surface area contributed by atoms with Crippen LogP contribution in [0.3, 0.4) is 0 Å². The van der Waals surface area contributed by atoms with E-state index in [1.807, 2.05) is 39.8 Å². The standard InChI is InChI=1S/C21H23NO5/c1-10(2)15-9-14(6-7-17(15)23)26-19-11(3)8-16-18(12(19)4)13(5)20(22-16)27-21(24)25/h6-10,22-23H,1-5H3,(H,24,25). The first-order valence-electron chi connectivity index (χ1n) is 8.73. The number of fused-ring (bicyclic) bond motifs is 1. The molecule has 2 aromatic carbocycles. The third-order valence-electron chi connectivity index (χ3n) is 4.70. The lowest BCUT2D eigenvalue weighted by Crippen LogP contribution is -2.03. The molecule has 27 heavy (non-hydrogen) atoms. The van der Waals surface area contributed by atoms with Crippen LogP contribution in [0, 0.1) is 20.8 Å². The topological polar surface area (TPSA) is 91.8 Å². The van der Waals surface area contributed by atoms with E-state index >= 15 is 0 Å². The van der Waals surface area contributed by atoms with Gasteiger partial charge in [0, 0.05) is 27.6 Å². The SMILES string of the molecule is Cc1cc2[nH]c(OC(=O)O)c(C)c2c(C)c1Oc1ccc(O)c(C(C)C)c1. The maximum absolute atomic E-state index is 10.9. The van der Waals surface area contributed by atoms with Gasteiger partial charge in [-0.25, -0.2) is 4.79 Å². The monoisotopic (exact) mass is 369 g/mol. The summed E-state index contributed by atoms with van der Waals surface area (Å²) < 4.78 is 11.0. The molecule has 0 fully saturated rings. The van der Waals surface area contributed by atoms with Crippen molar-refractivity contribution in [1.29, 1.82) is 0 Å². The Morgan fingerprint density at radius 3 is 2.44 bits per heavy atom. The summed E-state index contributed by atoms with van der Waals surface area (Å²) in [6.07, 6.45) is -1.36. The highest BCUT2D eigenvalue weighted by Crippen LogP contribution is 2.39. The van der Waals surface area contributed by atoms with Gasteiger partial charge >= 0.3 is 6.16 Å². The number of hydrogen-bond acceptors (Lipinski definition) is 4. The fourth-order valence-corrected chi connectivity index (χ4v) is 3.40. The van der Waals surface area contributed by atoms with Gasteiger partial charge < -0.3 is 24.7 Å². The van der Waals surface area contributed by atoms with Crippen molar-refractivity contribution in [3.8, 4) is 23.1 Å². The lowest BCUT2D eigenvalue weighted by Gasteiger charge is -2.15. The molecule has 3 aromatic rings. The number of aromatic nitrogens is 1.